The van der Waals surface area contributed by atoms with Crippen molar-refractivity contribution >= 4 is 34.9 Å². The number of nitrogens with zero attached hydrogens (tertiary/aromatic N) is 1. The number of carbonyl (C=O) groups is 2. The Kier molecular flexibility index (Phi) is 3.12. The quantitative estimate of drug-likeness (QED) is 0.834. The molecule has 0 radical (unpaired) electrons. The molecule has 0 bridgehead atoms. The zero-order chi connectivity index (χ0) is 14.1. The Labute approximate surface area is 120 Å². The zero-order valence-corrected chi connectivity index (χ0v) is 11.1. The van der Waals surface area contributed by atoms with Crippen LogP contribution in [0.25, 0.3) is 0 Å². The van der Waals surface area contributed by atoms with Gasteiger partial charge in [0.15, 0.2) is 0 Å². The third-order valence-corrected chi connectivity index (χ3v) is 3.16. The first-order chi connectivity index (χ1) is 9.61. The number of anilines is 2. The normalized spacial score (nSPS) is 12.8. The number of rotatable bonds is 2. The number of hydrogen-bond donors (Lipinski definition) is 2. The maximum absolute atomic E-state index is 12.1. The number of hydrogen-bond acceptors (Lipinski definition) is 3. The van der Waals surface area contributed by atoms with Crippen LogP contribution in [0.1, 0.15) is 15.9 Å². The number of pyridine rings is 1. The molecule has 3 rings (SSSR count). The van der Waals surface area contributed by atoms with Gasteiger partial charge in [-0.25, -0.2) is 4.98 Å². The molecule has 100 valence electrons. The molecule has 1 aromatic heterocycles. The van der Waals surface area contributed by atoms with Crippen LogP contribution in [0.4, 0.5) is 11.5 Å². The topological polar surface area (TPSA) is 71.1 Å². The molecule has 0 atom stereocenters. The highest BCUT2D eigenvalue weighted by atomic mass is 35.5. The molecule has 1 aromatic carbocycles. The molecule has 1 aliphatic rings. The van der Waals surface area contributed by atoms with Crippen LogP contribution >= 0.6 is 11.6 Å². The van der Waals surface area contributed by atoms with Crippen molar-refractivity contribution in [1.29, 1.82) is 0 Å². The third kappa shape index (κ3) is 2.48. The summed E-state index contributed by atoms with van der Waals surface area (Å²) in [4.78, 5) is 27.4. The first kappa shape index (κ1) is 12.6. The van der Waals surface area contributed by atoms with E-state index in [2.05, 4.69) is 15.6 Å². The van der Waals surface area contributed by atoms with Crippen LogP contribution in [0.2, 0.25) is 5.15 Å². The van der Waals surface area contributed by atoms with E-state index < -0.39 is 0 Å². The summed E-state index contributed by atoms with van der Waals surface area (Å²) < 4.78 is 0. The van der Waals surface area contributed by atoms with Crippen LogP contribution in [0.3, 0.4) is 0 Å². The van der Waals surface area contributed by atoms with Crippen molar-refractivity contribution in [1.82, 2.24) is 4.98 Å². The minimum Gasteiger partial charge on any atom is -0.326 e. The van der Waals surface area contributed by atoms with Gasteiger partial charge in [0.25, 0.3) is 5.91 Å². The van der Waals surface area contributed by atoms with Gasteiger partial charge in [-0.3, -0.25) is 9.59 Å². The van der Waals surface area contributed by atoms with Crippen LogP contribution in [0.5, 0.6) is 0 Å². The minimum absolute atomic E-state index is 0.0610. The molecule has 20 heavy (non-hydrogen) atoms. The highest BCUT2D eigenvalue weighted by Crippen LogP contribution is 2.24. The summed E-state index contributed by atoms with van der Waals surface area (Å²) in [5.74, 6) is 0.0354. The Morgan fingerprint density at radius 2 is 2.15 bits per heavy atom. The summed E-state index contributed by atoms with van der Waals surface area (Å²) in [5, 5.41) is 5.69. The molecule has 2 amide bonds. The Morgan fingerprint density at radius 3 is 2.95 bits per heavy atom. The molecule has 0 saturated carbocycles. The predicted octanol–water partition coefficient (Wildman–Crippen LogP) is 2.48. The van der Waals surface area contributed by atoms with Crippen molar-refractivity contribution in [2.24, 2.45) is 0 Å². The maximum atomic E-state index is 12.1. The number of amides is 2. The van der Waals surface area contributed by atoms with Gasteiger partial charge in [0.2, 0.25) is 5.91 Å². The van der Waals surface area contributed by atoms with E-state index in [4.69, 9.17) is 11.6 Å². The number of halogens is 1. The van der Waals surface area contributed by atoms with E-state index in [1.165, 1.54) is 0 Å². The average Bonchev–Trinajstić information content (AvgIpc) is 2.77. The molecule has 0 spiro atoms. The lowest BCUT2D eigenvalue weighted by molar-refractivity contribution is -0.115. The van der Waals surface area contributed by atoms with E-state index in [1.807, 2.05) is 0 Å². The predicted molar refractivity (Wildman–Crippen MR) is 76.0 cm³/mol. The fourth-order valence-electron chi connectivity index (χ4n) is 2.04. The van der Waals surface area contributed by atoms with Crippen molar-refractivity contribution in [3.05, 3.63) is 52.7 Å². The van der Waals surface area contributed by atoms with E-state index >= 15 is 0 Å². The molecule has 2 N–H and O–H groups in total. The van der Waals surface area contributed by atoms with Crippen LogP contribution in [0, 0.1) is 0 Å². The lowest BCUT2D eigenvalue weighted by atomic mass is 10.1. The highest BCUT2D eigenvalue weighted by Gasteiger charge is 2.19. The molecule has 2 heterocycles. The largest absolute Gasteiger partial charge is 0.326 e. The van der Waals surface area contributed by atoms with Gasteiger partial charge in [-0.2, -0.15) is 0 Å². The highest BCUT2D eigenvalue weighted by molar-refractivity contribution is 6.29. The second kappa shape index (κ2) is 4.94. The zero-order valence-electron chi connectivity index (χ0n) is 10.3. The summed E-state index contributed by atoms with van der Waals surface area (Å²) in [6, 6.07) is 10.1. The molecule has 0 saturated heterocycles. The first-order valence-electron chi connectivity index (χ1n) is 5.98. The lowest BCUT2D eigenvalue weighted by Crippen LogP contribution is -2.13. The number of carbonyl (C=O) groups excluding carboxylic acids is 2. The summed E-state index contributed by atoms with van der Waals surface area (Å²) >= 11 is 5.76. The molecule has 0 aliphatic carbocycles. The third-order valence-electron chi connectivity index (χ3n) is 2.95. The Bertz CT molecular complexity index is 715. The van der Waals surface area contributed by atoms with E-state index in [9.17, 15) is 9.59 Å². The van der Waals surface area contributed by atoms with E-state index in [1.54, 1.807) is 36.4 Å². The van der Waals surface area contributed by atoms with Gasteiger partial charge < -0.3 is 10.6 Å². The Hall–Kier alpha value is -2.40. The van der Waals surface area contributed by atoms with Gasteiger partial charge in [-0.1, -0.05) is 17.7 Å². The van der Waals surface area contributed by atoms with Crippen LogP contribution in [-0.4, -0.2) is 16.8 Å². The number of benzene rings is 1. The number of nitrogens with one attached hydrogen (secondary N) is 2. The first-order valence-corrected chi connectivity index (χ1v) is 6.36. The molecule has 0 fully saturated rings. The van der Waals surface area contributed by atoms with Crippen molar-refractivity contribution in [2.75, 3.05) is 10.6 Å². The number of fused-ring (bicyclic) bond motifs is 1. The van der Waals surface area contributed by atoms with Gasteiger partial charge in [0.1, 0.15) is 11.0 Å². The Morgan fingerprint density at radius 1 is 1.30 bits per heavy atom. The summed E-state index contributed by atoms with van der Waals surface area (Å²) in [5.41, 5.74) is 2.05. The van der Waals surface area contributed by atoms with Crippen LogP contribution in [0.15, 0.2) is 36.4 Å². The van der Waals surface area contributed by atoms with Gasteiger partial charge in [-0.15, -0.1) is 0 Å². The average molecular weight is 288 g/mol. The Balaban J connectivity index is 1.81. The van der Waals surface area contributed by atoms with Crippen LogP contribution in [-0.2, 0) is 11.2 Å². The minimum atomic E-state index is -0.290. The van der Waals surface area contributed by atoms with Gasteiger partial charge in [-0.05, 0) is 35.9 Å². The smallest absolute Gasteiger partial charge is 0.256 e. The van der Waals surface area contributed by atoms with Gasteiger partial charge in [0, 0.05) is 11.3 Å². The van der Waals surface area contributed by atoms with E-state index in [-0.39, 0.29) is 11.8 Å². The maximum Gasteiger partial charge on any atom is 0.256 e. The molecular formula is C14H10ClN3O2. The molecule has 2 aromatic rings. The summed E-state index contributed by atoms with van der Waals surface area (Å²) in [6.07, 6.45) is 0.297. The second-order valence-electron chi connectivity index (χ2n) is 4.40. The molecule has 5 nitrogen and oxygen atoms in total. The number of aromatic nitrogens is 1. The van der Waals surface area contributed by atoms with E-state index in [0.29, 0.717) is 23.0 Å². The molecule has 1 aliphatic heterocycles. The molecule has 0 unspecified atom stereocenters. The fourth-order valence-corrected chi connectivity index (χ4v) is 2.20. The summed E-state index contributed by atoms with van der Waals surface area (Å²) in [6.45, 7) is 0. The second-order valence-corrected chi connectivity index (χ2v) is 4.78. The van der Waals surface area contributed by atoms with Gasteiger partial charge >= 0.3 is 0 Å². The van der Waals surface area contributed by atoms with Gasteiger partial charge in [0.05, 0.1) is 6.42 Å². The van der Waals surface area contributed by atoms with Crippen LogP contribution < -0.4 is 10.6 Å². The van der Waals surface area contributed by atoms with Crippen molar-refractivity contribution in [3.8, 4) is 0 Å². The van der Waals surface area contributed by atoms with Crippen molar-refractivity contribution in [2.45, 2.75) is 6.42 Å². The van der Waals surface area contributed by atoms with Crippen molar-refractivity contribution < 1.29 is 9.59 Å². The lowest BCUT2D eigenvalue weighted by Gasteiger charge is -2.06. The van der Waals surface area contributed by atoms with E-state index in [0.717, 1.165) is 11.3 Å². The molecule has 6 heteroatoms. The summed E-state index contributed by atoms with van der Waals surface area (Å²) in [7, 11) is 0. The molecular weight excluding hydrogens is 278 g/mol. The van der Waals surface area contributed by atoms with Crippen molar-refractivity contribution in [3.63, 3.8) is 0 Å². The SMILES string of the molecule is O=C1Cc2cc(C(=O)Nc3cccc(Cl)n3)ccc2N1. The fraction of sp³-hybridized carbons (Fsp3) is 0.0714. The monoisotopic (exact) mass is 287 g/mol. The standard InChI is InChI=1S/C14H10ClN3O2/c15-11-2-1-3-12(17-11)18-14(20)8-4-5-10-9(6-8)7-13(19)16-10/h1-6H,7H2,(H,16,19)(H,17,18,20).